The lowest BCUT2D eigenvalue weighted by Crippen LogP contribution is -2.61. The van der Waals surface area contributed by atoms with Gasteiger partial charge in [-0.2, -0.15) is 0 Å². The number of esters is 1. The molecule has 0 radical (unpaired) electrons. The van der Waals surface area contributed by atoms with Gasteiger partial charge < -0.3 is 29.3 Å². The Hall–Kier alpha value is -3.02. The van der Waals surface area contributed by atoms with Crippen LogP contribution in [0.2, 0.25) is 0 Å². The van der Waals surface area contributed by atoms with Gasteiger partial charge >= 0.3 is 5.97 Å². The molecule has 0 aromatic heterocycles. The van der Waals surface area contributed by atoms with Crippen LogP contribution in [0.3, 0.4) is 0 Å². The molecule has 3 heterocycles. The summed E-state index contributed by atoms with van der Waals surface area (Å²) in [4.78, 5) is 62.1. The molecule has 50 heavy (non-hydrogen) atoms. The van der Waals surface area contributed by atoms with E-state index in [-0.39, 0.29) is 47.5 Å². The third-order valence-corrected chi connectivity index (χ3v) is 12.4. The first-order valence-corrected chi connectivity index (χ1v) is 19.1. The van der Waals surface area contributed by atoms with Crippen molar-refractivity contribution in [3.05, 3.63) is 61.2 Å². The van der Waals surface area contributed by atoms with Crippen LogP contribution in [0.5, 0.6) is 0 Å². The summed E-state index contributed by atoms with van der Waals surface area (Å²) >= 11 is 3.77. The fourth-order valence-electron chi connectivity index (χ4n) is 8.82. The largest absolute Gasteiger partial charge is 0.455 e. The number of benzene rings is 1. The minimum Gasteiger partial charge on any atom is -0.455 e. The van der Waals surface area contributed by atoms with Crippen molar-refractivity contribution in [1.82, 2.24) is 14.7 Å². The molecule has 1 spiro atoms. The maximum absolute atomic E-state index is 15.0. The van der Waals surface area contributed by atoms with Crippen molar-refractivity contribution >= 4 is 39.6 Å². The van der Waals surface area contributed by atoms with Crippen LogP contribution in [0.4, 0.5) is 0 Å². The lowest BCUT2D eigenvalue weighted by molar-refractivity contribution is -0.165. The number of likely N-dealkylation sites (tertiary alicyclic amines) is 1. The minimum atomic E-state index is -1.29. The molecule has 3 saturated heterocycles. The summed E-state index contributed by atoms with van der Waals surface area (Å²) in [5.74, 6) is -3.47. The molecule has 1 aromatic carbocycles. The Labute approximate surface area is 305 Å². The van der Waals surface area contributed by atoms with Gasteiger partial charge in [-0.3, -0.25) is 19.2 Å². The van der Waals surface area contributed by atoms with Crippen LogP contribution in [0.1, 0.15) is 83.8 Å². The maximum Gasteiger partial charge on any atom is 0.313 e. The minimum absolute atomic E-state index is 0.00621. The predicted molar refractivity (Wildman–Crippen MR) is 194 cm³/mol. The molecule has 1 unspecified atom stereocenters. The van der Waals surface area contributed by atoms with Crippen LogP contribution in [-0.2, 0) is 28.7 Å². The van der Waals surface area contributed by atoms with E-state index in [4.69, 9.17) is 9.47 Å². The number of aliphatic hydroxyl groups excluding tert-OH is 1. The maximum atomic E-state index is 15.0. The second kappa shape index (κ2) is 16.1. The number of allylic oxidation sites excluding steroid dienone is 1. The number of carbonyl (C=O) groups is 4. The molecule has 9 atom stereocenters. The van der Waals surface area contributed by atoms with Crippen molar-refractivity contribution in [1.29, 1.82) is 0 Å². The molecule has 3 amide bonds. The van der Waals surface area contributed by atoms with E-state index >= 15 is 0 Å². The summed E-state index contributed by atoms with van der Waals surface area (Å²) < 4.78 is 13.2. The first-order valence-electron chi connectivity index (χ1n) is 18.2. The van der Waals surface area contributed by atoms with E-state index in [2.05, 4.69) is 29.1 Å². The van der Waals surface area contributed by atoms with Crippen molar-refractivity contribution in [3.63, 3.8) is 0 Å². The van der Waals surface area contributed by atoms with E-state index in [1.807, 2.05) is 56.0 Å². The second-order valence-electron chi connectivity index (χ2n) is 14.8. The van der Waals surface area contributed by atoms with E-state index in [9.17, 15) is 24.3 Å². The first-order chi connectivity index (χ1) is 23.9. The summed E-state index contributed by atoms with van der Waals surface area (Å²) in [6.07, 6.45) is 7.93. The fourth-order valence-corrected chi connectivity index (χ4v) is 9.77. The molecular formula is C39H54BrN3O7. The van der Waals surface area contributed by atoms with Gasteiger partial charge in [-0.1, -0.05) is 91.5 Å². The van der Waals surface area contributed by atoms with Gasteiger partial charge in [0.2, 0.25) is 17.7 Å². The number of amides is 3. The van der Waals surface area contributed by atoms with Crippen molar-refractivity contribution in [3.8, 4) is 0 Å². The zero-order valence-corrected chi connectivity index (χ0v) is 31.5. The third kappa shape index (κ3) is 6.94. The first kappa shape index (κ1) is 38.2. The number of aliphatic hydroxyl groups is 1. The summed E-state index contributed by atoms with van der Waals surface area (Å²) in [5.41, 5.74) is -0.579. The molecule has 1 N–H and O–H groups in total. The molecule has 5 rings (SSSR count). The van der Waals surface area contributed by atoms with Crippen molar-refractivity contribution < 1.29 is 33.8 Å². The number of ether oxygens (including phenoxy) is 2. The standard InChI is InChI=1S/C39H54BrN3O7/c1-7-9-20-30(45)41(6)25(5)33(26-16-12-10-13-17-26)49-38(48)31-32-36(46)43(29(23-44)24(3)4)35(39(32)22-28(40)34(31)50-39)37(47)42(21-8-2)27-18-14-11-15-19-27/h7-8,10,12-13,16-17,24-25,27-29,31-35,44H,1-2,9,11,14-15,18-23H2,3-6H3/t25-,28?,29+,31-,32+,33+,34-,35-,39+/m1/s1. The quantitative estimate of drug-likeness (QED) is 0.149. The molecule has 3 aliphatic heterocycles. The fraction of sp³-hybridized carbons (Fsp3) is 0.641. The van der Waals surface area contributed by atoms with E-state index in [0.717, 1.165) is 32.1 Å². The van der Waals surface area contributed by atoms with E-state index in [0.29, 0.717) is 24.9 Å². The summed E-state index contributed by atoms with van der Waals surface area (Å²) in [6.45, 7) is 13.3. The van der Waals surface area contributed by atoms with Crippen molar-refractivity contribution in [2.75, 3.05) is 20.2 Å². The van der Waals surface area contributed by atoms with E-state index in [1.165, 1.54) is 0 Å². The molecule has 1 aliphatic carbocycles. The second-order valence-corrected chi connectivity index (χ2v) is 16.0. The number of alkyl halides is 1. The molecule has 274 valence electrons. The van der Waals surface area contributed by atoms with Crippen LogP contribution < -0.4 is 0 Å². The number of rotatable bonds is 15. The highest BCUT2D eigenvalue weighted by atomic mass is 79.9. The van der Waals surface area contributed by atoms with Gasteiger partial charge in [-0.15, -0.1) is 13.2 Å². The molecule has 4 fully saturated rings. The molecule has 2 bridgehead atoms. The zero-order valence-electron chi connectivity index (χ0n) is 29.9. The summed E-state index contributed by atoms with van der Waals surface area (Å²) in [7, 11) is 1.70. The zero-order chi connectivity index (χ0) is 36.3. The average Bonchev–Trinajstić information content (AvgIpc) is 3.71. The molecular weight excluding hydrogens is 702 g/mol. The van der Waals surface area contributed by atoms with Gasteiger partial charge in [-0.05, 0) is 44.1 Å². The average molecular weight is 757 g/mol. The highest BCUT2D eigenvalue weighted by Crippen LogP contribution is 2.61. The molecule has 4 aliphatic rings. The van der Waals surface area contributed by atoms with Crippen LogP contribution in [0, 0.1) is 17.8 Å². The number of fused-ring (bicyclic) bond motifs is 1. The van der Waals surface area contributed by atoms with Crippen LogP contribution >= 0.6 is 15.9 Å². The Morgan fingerprint density at radius 1 is 1.12 bits per heavy atom. The smallest absolute Gasteiger partial charge is 0.313 e. The van der Waals surface area contributed by atoms with Crippen LogP contribution in [0.15, 0.2) is 55.6 Å². The number of likely N-dealkylation sites (N-methyl/N-ethyl adjacent to an activating group) is 1. The monoisotopic (exact) mass is 755 g/mol. The van der Waals surface area contributed by atoms with Crippen molar-refractivity contribution in [2.24, 2.45) is 17.8 Å². The summed E-state index contributed by atoms with van der Waals surface area (Å²) in [5, 5.41) is 10.7. The van der Waals surface area contributed by atoms with Crippen molar-refractivity contribution in [2.45, 2.75) is 119 Å². The number of nitrogens with zero attached hydrogens (tertiary/aromatic N) is 3. The highest BCUT2D eigenvalue weighted by molar-refractivity contribution is 9.09. The van der Waals surface area contributed by atoms with Crippen LogP contribution in [-0.4, -0.2) is 104 Å². The number of hydrogen-bond acceptors (Lipinski definition) is 7. The van der Waals surface area contributed by atoms with Gasteiger partial charge in [0.15, 0.2) is 0 Å². The van der Waals surface area contributed by atoms with E-state index in [1.54, 1.807) is 29.0 Å². The Morgan fingerprint density at radius 3 is 2.40 bits per heavy atom. The molecule has 1 saturated carbocycles. The Bertz CT molecular complexity index is 1420. The Kier molecular flexibility index (Phi) is 12.3. The lowest BCUT2D eigenvalue weighted by Gasteiger charge is -2.43. The lowest BCUT2D eigenvalue weighted by atomic mass is 9.70. The van der Waals surface area contributed by atoms with Gasteiger partial charge in [0.25, 0.3) is 0 Å². The van der Waals surface area contributed by atoms with Gasteiger partial charge in [0.1, 0.15) is 17.7 Å². The SMILES string of the molecule is C=CCCC(=O)N(C)[C@H](C)[C@H](OC(=O)[C@H]1[C@@H]2O[C@@]3(CC2Br)[C@@H]1C(=O)N([C@@H](CO)C(C)C)[C@@H]3C(=O)N(CC=C)C1CCCCC1)c1ccccc1. The Balaban J connectivity index is 1.53. The molecule has 1 aromatic rings. The predicted octanol–water partition coefficient (Wildman–Crippen LogP) is 5.20. The normalized spacial score (nSPS) is 29.3. The Morgan fingerprint density at radius 2 is 1.80 bits per heavy atom. The van der Waals surface area contributed by atoms with Gasteiger partial charge in [0.05, 0.1) is 36.6 Å². The van der Waals surface area contributed by atoms with Gasteiger partial charge in [-0.25, -0.2) is 0 Å². The number of halogens is 1. The topological polar surface area (TPSA) is 117 Å². The summed E-state index contributed by atoms with van der Waals surface area (Å²) in [6, 6.07) is 7.07. The van der Waals surface area contributed by atoms with Gasteiger partial charge in [0, 0.05) is 30.9 Å². The highest BCUT2D eigenvalue weighted by Gasteiger charge is 2.78. The number of hydrogen-bond donors (Lipinski definition) is 1. The van der Waals surface area contributed by atoms with Crippen LogP contribution in [0.25, 0.3) is 0 Å². The van der Waals surface area contributed by atoms with E-state index < -0.39 is 53.7 Å². The third-order valence-electron chi connectivity index (χ3n) is 11.5. The number of carbonyl (C=O) groups excluding carboxylic acids is 4. The molecule has 11 heteroatoms. The molecule has 10 nitrogen and oxygen atoms in total.